The summed E-state index contributed by atoms with van der Waals surface area (Å²) in [5, 5.41) is 0. The fourth-order valence-corrected chi connectivity index (χ4v) is 3.18. The molecule has 0 atom stereocenters. The molecule has 3 radical (unpaired) electrons. The van der Waals surface area contributed by atoms with Gasteiger partial charge in [0.25, 0.3) is 0 Å². The van der Waals surface area contributed by atoms with Crippen LogP contribution in [0.25, 0.3) is 33.9 Å². The Morgan fingerprint density at radius 1 is 0.386 bits per heavy atom. The molecule has 0 fully saturated rings. The molecule has 0 saturated heterocycles. The van der Waals surface area contributed by atoms with E-state index in [0.29, 0.717) is 0 Å². The van der Waals surface area contributed by atoms with Gasteiger partial charge < -0.3 is 0 Å². The third-order valence-electron chi connectivity index (χ3n) is 4.89. The van der Waals surface area contributed by atoms with E-state index in [1.54, 1.807) is 24.8 Å². The van der Waals surface area contributed by atoms with E-state index in [2.05, 4.69) is 32.1 Å². The molecule has 0 unspecified atom stereocenters. The summed E-state index contributed by atoms with van der Waals surface area (Å²) in [6.45, 7) is 0. The van der Waals surface area contributed by atoms with E-state index in [1.807, 2.05) is 121 Å². The molecule has 44 heavy (non-hydrogen) atoms. The summed E-state index contributed by atoms with van der Waals surface area (Å²) in [5.41, 5.74) is 5.85. The standard InChI is InChI=1S/2C11H8N.C10H8N2.F6P.Ir/c2*1-2-6-10(7-3-1)11-8-4-5-9-12-11;1-3-7-11-9(5-1)10-6-2-4-8-12-10;1-7(2,3,4,5)6;/h2*1-6,8-9H;1-8H;;/q;;;-1;. The Kier molecular flexibility index (Phi) is 13.0. The van der Waals surface area contributed by atoms with E-state index in [0.717, 1.165) is 33.9 Å². The fraction of sp³-hybridized carbons (Fsp3) is 0. The summed E-state index contributed by atoms with van der Waals surface area (Å²) < 4.78 is 59.2. The number of pyridine rings is 4. The molecule has 4 nitrogen and oxygen atoms in total. The van der Waals surface area contributed by atoms with Gasteiger partial charge in [-0.25, -0.2) is 0 Å². The van der Waals surface area contributed by atoms with Gasteiger partial charge in [0.15, 0.2) is 0 Å². The predicted octanol–water partition coefficient (Wildman–Crippen LogP) is 10.6. The second kappa shape index (κ2) is 16.0. The second-order valence-corrected chi connectivity index (χ2v) is 10.3. The SMILES string of the molecule is F[P-](F)(F)(F)(F)F.[Ir].[c]1ccccc1-c1ccccn1.[c]1ccccc1-c1ccccn1.c1ccc(-c2ccccn2)nc1. The maximum absolute atomic E-state index is 10.7. The first-order chi connectivity index (χ1) is 20.3. The fourth-order valence-electron chi connectivity index (χ4n) is 3.18. The third-order valence-corrected chi connectivity index (χ3v) is 4.89. The zero-order valence-corrected chi connectivity index (χ0v) is 26.0. The Balaban J connectivity index is 0.000000207. The molecular weight excluding hydrogens is 778 g/mol. The minimum atomic E-state index is -10.7. The van der Waals surface area contributed by atoms with Crippen molar-refractivity contribution in [2.24, 2.45) is 0 Å². The zero-order valence-electron chi connectivity index (χ0n) is 22.7. The van der Waals surface area contributed by atoms with E-state index in [1.165, 1.54) is 0 Å². The molecule has 0 amide bonds. The first-order valence-electron chi connectivity index (χ1n) is 12.5. The summed E-state index contributed by atoms with van der Waals surface area (Å²) >= 11 is 0. The molecule has 0 aliphatic heterocycles. The van der Waals surface area contributed by atoms with Gasteiger partial charge in [-0.2, -0.15) is 0 Å². The Hall–Kier alpha value is -4.30. The van der Waals surface area contributed by atoms with Crippen LogP contribution in [0.5, 0.6) is 0 Å². The largest absolute Gasteiger partial charge is 0.256 e. The summed E-state index contributed by atoms with van der Waals surface area (Å²) in [7, 11) is -10.7. The molecule has 6 rings (SSSR count). The molecule has 12 heteroatoms. The number of hydrogen-bond acceptors (Lipinski definition) is 4. The van der Waals surface area contributed by atoms with Crippen LogP contribution in [-0.4, -0.2) is 19.9 Å². The van der Waals surface area contributed by atoms with Crippen LogP contribution in [0, 0.1) is 12.1 Å². The number of aromatic nitrogens is 4. The van der Waals surface area contributed by atoms with Crippen LogP contribution in [0.2, 0.25) is 0 Å². The van der Waals surface area contributed by atoms with Crippen LogP contribution < -0.4 is 0 Å². The van der Waals surface area contributed by atoms with Gasteiger partial charge in [0.1, 0.15) is 0 Å². The van der Waals surface area contributed by atoms with Crippen molar-refractivity contribution in [2.75, 3.05) is 0 Å². The van der Waals surface area contributed by atoms with Gasteiger partial charge >= 0.3 is 33.0 Å². The number of hydrogen-bond donors (Lipinski definition) is 0. The first-order valence-corrected chi connectivity index (χ1v) is 14.5. The van der Waals surface area contributed by atoms with Crippen molar-refractivity contribution in [3.63, 3.8) is 0 Å². The van der Waals surface area contributed by atoms with Crippen molar-refractivity contribution in [1.82, 2.24) is 19.9 Å². The van der Waals surface area contributed by atoms with Gasteiger partial charge in [0.2, 0.25) is 0 Å². The molecule has 2 aromatic carbocycles. The minimum absolute atomic E-state index is 0. The molecule has 229 valence electrons. The van der Waals surface area contributed by atoms with Gasteiger partial charge in [-0.3, -0.25) is 19.9 Å². The molecule has 0 saturated carbocycles. The van der Waals surface area contributed by atoms with Crippen LogP contribution >= 0.6 is 7.81 Å². The Morgan fingerprint density at radius 3 is 0.886 bits per heavy atom. The van der Waals surface area contributed by atoms with Crippen molar-refractivity contribution in [3.05, 3.63) is 158 Å². The first kappa shape index (κ1) is 35.9. The predicted molar refractivity (Wildman–Crippen MR) is 158 cm³/mol. The quantitative estimate of drug-likeness (QED) is 0.132. The number of halogens is 6. The van der Waals surface area contributed by atoms with Crippen LogP contribution in [0.4, 0.5) is 25.2 Å². The van der Waals surface area contributed by atoms with E-state index in [9.17, 15) is 25.2 Å². The van der Waals surface area contributed by atoms with Gasteiger partial charge in [0, 0.05) is 56.0 Å². The molecule has 4 heterocycles. The normalized spacial score (nSPS) is 11.6. The molecule has 0 aliphatic carbocycles. The van der Waals surface area contributed by atoms with Crippen LogP contribution in [0.1, 0.15) is 0 Å². The Morgan fingerprint density at radius 2 is 0.659 bits per heavy atom. The van der Waals surface area contributed by atoms with E-state index in [4.69, 9.17) is 0 Å². The van der Waals surface area contributed by atoms with Gasteiger partial charge in [-0.1, -0.05) is 72.8 Å². The zero-order chi connectivity index (χ0) is 31.1. The number of nitrogens with zero attached hydrogens (tertiary/aromatic N) is 4. The topological polar surface area (TPSA) is 51.6 Å². The summed E-state index contributed by atoms with van der Waals surface area (Å²) in [6, 6.07) is 45.2. The van der Waals surface area contributed by atoms with Crippen LogP contribution in [0.15, 0.2) is 146 Å². The molecule has 0 bridgehead atoms. The smallest absolute Gasteiger partial charge is 0.0886 e. The van der Waals surface area contributed by atoms with E-state index >= 15 is 0 Å². The molecule has 0 aliphatic rings. The Labute approximate surface area is 264 Å². The maximum atomic E-state index is 9.87. The average molecular weight is 802 g/mol. The van der Waals surface area contributed by atoms with E-state index < -0.39 is 7.81 Å². The van der Waals surface area contributed by atoms with Crippen molar-refractivity contribution in [2.45, 2.75) is 0 Å². The minimum Gasteiger partial charge on any atom is -0.256 e. The molecule has 4 aromatic heterocycles. The van der Waals surface area contributed by atoms with Gasteiger partial charge in [-0.15, -0.1) is 0 Å². The van der Waals surface area contributed by atoms with Crippen LogP contribution in [0.3, 0.4) is 0 Å². The number of rotatable bonds is 3. The van der Waals surface area contributed by atoms with Crippen molar-refractivity contribution in [1.29, 1.82) is 0 Å². The molecule has 0 N–H and O–H groups in total. The van der Waals surface area contributed by atoms with Crippen molar-refractivity contribution in [3.8, 4) is 33.9 Å². The van der Waals surface area contributed by atoms with Gasteiger partial charge in [-0.05, 0) is 60.7 Å². The monoisotopic (exact) mass is 802 g/mol. The molecule has 0 spiro atoms. The summed E-state index contributed by atoms with van der Waals surface area (Å²) in [4.78, 5) is 16.8. The van der Waals surface area contributed by atoms with Crippen molar-refractivity contribution < 1.29 is 45.3 Å². The van der Waals surface area contributed by atoms with Crippen molar-refractivity contribution >= 4 is 7.81 Å². The molecule has 6 aromatic rings. The second-order valence-electron chi connectivity index (χ2n) is 8.37. The third kappa shape index (κ3) is 16.4. The van der Waals surface area contributed by atoms with Gasteiger partial charge in [0.05, 0.1) is 22.8 Å². The van der Waals surface area contributed by atoms with E-state index in [-0.39, 0.29) is 20.1 Å². The number of benzene rings is 2. The average Bonchev–Trinajstić information content (AvgIpc) is 3.03. The Bertz CT molecular complexity index is 1320. The summed E-state index contributed by atoms with van der Waals surface area (Å²) in [6.07, 6.45) is 7.11. The maximum Gasteiger partial charge on any atom is 0.0886 e. The molecular formula is C32H24F6IrN4P-. The van der Waals surface area contributed by atoms with Crippen LogP contribution in [-0.2, 0) is 20.1 Å². The summed E-state index contributed by atoms with van der Waals surface area (Å²) in [5.74, 6) is 0.